The van der Waals surface area contributed by atoms with Crippen LogP contribution in [0.1, 0.15) is 47.0 Å². The van der Waals surface area contributed by atoms with Crippen molar-refractivity contribution in [2.24, 2.45) is 11.7 Å². The van der Waals surface area contributed by atoms with E-state index in [2.05, 4.69) is 33.8 Å². The van der Waals surface area contributed by atoms with Crippen molar-refractivity contribution in [3.8, 4) is 0 Å². The minimum absolute atomic E-state index is 0.389. The SMILES string of the molecule is C/C=C(/C)C(C)CC(N)CCC. The Morgan fingerprint density at radius 3 is 2.50 bits per heavy atom. The average molecular weight is 169 g/mol. The lowest BCUT2D eigenvalue weighted by Gasteiger charge is -2.17. The summed E-state index contributed by atoms with van der Waals surface area (Å²) in [5, 5.41) is 0. The topological polar surface area (TPSA) is 26.0 Å². The van der Waals surface area contributed by atoms with Gasteiger partial charge in [0.05, 0.1) is 0 Å². The molecule has 0 spiro atoms. The molecule has 0 amide bonds. The summed E-state index contributed by atoms with van der Waals surface area (Å²) in [5.74, 6) is 0.650. The average Bonchev–Trinajstić information content (AvgIpc) is 2.03. The van der Waals surface area contributed by atoms with Crippen LogP contribution >= 0.6 is 0 Å². The van der Waals surface area contributed by atoms with E-state index in [9.17, 15) is 0 Å². The third-order valence-electron chi connectivity index (χ3n) is 2.55. The molecule has 0 saturated heterocycles. The zero-order chi connectivity index (χ0) is 9.56. The highest BCUT2D eigenvalue weighted by molar-refractivity contribution is 5.00. The molecule has 1 heteroatoms. The monoisotopic (exact) mass is 169 g/mol. The van der Waals surface area contributed by atoms with Gasteiger partial charge in [-0.3, -0.25) is 0 Å². The van der Waals surface area contributed by atoms with Crippen molar-refractivity contribution < 1.29 is 0 Å². The molecule has 1 nitrogen and oxygen atoms in total. The predicted molar refractivity (Wildman–Crippen MR) is 56.1 cm³/mol. The maximum atomic E-state index is 5.95. The minimum atomic E-state index is 0.389. The third-order valence-corrected chi connectivity index (χ3v) is 2.55. The summed E-state index contributed by atoms with van der Waals surface area (Å²) in [6.45, 7) is 8.72. The zero-order valence-electron chi connectivity index (χ0n) is 8.93. The summed E-state index contributed by atoms with van der Waals surface area (Å²) in [5.41, 5.74) is 7.41. The molecule has 0 saturated carbocycles. The van der Waals surface area contributed by atoms with E-state index in [1.807, 2.05) is 0 Å². The van der Waals surface area contributed by atoms with Crippen LogP contribution in [0.5, 0.6) is 0 Å². The number of nitrogens with two attached hydrogens (primary N) is 1. The zero-order valence-corrected chi connectivity index (χ0v) is 8.93. The Morgan fingerprint density at radius 1 is 1.50 bits per heavy atom. The number of hydrogen-bond donors (Lipinski definition) is 1. The minimum Gasteiger partial charge on any atom is -0.328 e. The van der Waals surface area contributed by atoms with Crippen LogP contribution in [-0.2, 0) is 0 Å². The maximum Gasteiger partial charge on any atom is 0.00443 e. The molecule has 0 fully saturated rings. The molecule has 0 heterocycles. The van der Waals surface area contributed by atoms with Crippen molar-refractivity contribution in [2.45, 2.75) is 53.0 Å². The van der Waals surface area contributed by atoms with Gasteiger partial charge in [-0.1, -0.05) is 31.9 Å². The Hall–Kier alpha value is -0.300. The molecule has 0 aliphatic heterocycles. The molecule has 2 N–H and O–H groups in total. The Bertz CT molecular complexity index is 138. The Balaban J connectivity index is 3.75. The molecular weight excluding hydrogens is 146 g/mol. The predicted octanol–water partition coefficient (Wildman–Crippen LogP) is 3.11. The fourth-order valence-corrected chi connectivity index (χ4v) is 1.41. The standard InChI is InChI=1S/C11H23N/c1-5-7-11(12)8-10(4)9(3)6-2/h6,10-11H,5,7-8,12H2,1-4H3/b9-6-. The van der Waals surface area contributed by atoms with Crippen LogP contribution < -0.4 is 5.73 Å². The van der Waals surface area contributed by atoms with Crippen molar-refractivity contribution in [1.82, 2.24) is 0 Å². The summed E-state index contributed by atoms with van der Waals surface area (Å²) in [6, 6.07) is 0.389. The van der Waals surface area contributed by atoms with Crippen molar-refractivity contribution in [3.63, 3.8) is 0 Å². The van der Waals surface area contributed by atoms with E-state index in [4.69, 9.17) is 5.73 Å². The first-order valence-corrected chi connectivity index (χ1v) is 5.00. The lowest BCUT2D eigenvalue weighted by molar-refractivity contribution is 0.484. The molecule has 0 aliphatic carbocycles. The molecule has 0 aromatic rings. The van der Waals surface area contributed by atoms with Gasteiger partial charge < -0.3 is 5.73 Å². The summed E-state index contributed by atoms with van der Waals surface area (Å²) in [7, 11) is 0. The highest BCUT2D eigenvalue weighted by atomic mass is 14.6. The number of rotatable bonds is 5. The van der Waals surface area contributed by atoms with Crippen molar-refractivity contribution in [3.05, 3.63) is 11.6 Å². The van der Waals surface area contributed by atoms with Gasteiger partial charge in [0.2, 0.25) is 0 Å². The van der Waals surface area contributed by atoms with E-state index in [1.54, 1.807) is 0 Å². The van der Waals surface area contributed by atoms with Gasteiger partial charge in [0.25, 0.3) is 0 Å². The molecule has 12 heavy (non-hydrogen) atoms. The Labute approximate surface area is 77.0 Å². The highest BCUT2D eigenvalue weighted by Gasteiger charge is 2.08. The third kappa shape index (κ3) is 4.55. The Kier molecular flexibility index (Phi) is 6.09. The van der Waals surface area contributed by atoms with Crippen molar-refractivity contribution in [2.75, 3.05) is 0 Å². The fraction of sp³-hybridized carbons (Fsp3) is 0.818. The molecule has 2 unspecified atom stereocenters. The van der Waals surface area contributed by atoms with Gasteiger partial charge in [-0.05, 0) is 32.6 Å². The second-order valence-corrected chi connectivity index (χ2v) is 3.72. The molecule has 0 aliphatic rings. The molecule has 0 rings (SSSR count). The van der Waals surface area contributed by atoms with Gasteiger partial charge in [0.15, 0.2) is 0 Å². The van der Waals surface area contributed by atoms with Crippen LogP contribution in [0, 0.1) is 5.92 Å². The van der Waals surface area contributed by atoms with Crippen LogP contribution in [0.4, 0.5) is 0 Å². The van der Waals surface area contributed by atoms with Gasteiger partial charge in [-0.2, -0.15) is 0 Å². The summed E-state index contributed by atoms with van der Waals surface area (Å²) < 4.78 is 0. The quantitative estimate of drug-likeness (QED) is 0.629. The normalized spacial score (nSPS) is 17.6. The molecule has 0 radical (unpaired) electrons. The second kappa shape index (κ2) is 6.24. The van der Waals surface area contributed by atoms with Gasteiger partial charge >= 0.3 is 0 Å². The molecule has 0 aromatic heterocycles. The molecule has 2 atom stereocenters. The van der Waals surface area contributed by atoms with Gasteiger partial charge in [-0.15, -0.1) is 0 Å². The summed E-state index contributed by atoms with van der Waals surface area (Å²) in [4.78, 5) is 0. The van der Waals surface area contributed by atoms with E-state index in [-0.39, 0.29) is 0 Å². The first kappa shape index (κ1) is 11.7. The molecule has 0 bridgehead atoms. The number of allylic oxidation sites excluding steroid dienone is 2. The lowest BCUT2D eigenvalue weighted by atomic mass is 9.93. The highest BCUT2D eigenvalue weighted by Crippen LogP contribution is 2.16. The maximum absolute atomic E-state index is 5.95. The number of hydrogen-bond acceptors (Lipinski definition) is 1. The smallest absolute Gasteiger partial charge is 0.00443 e. The molecule has 0 aromatic carbocycles. The van der Waals surface area contributed by atoms with Crippen LogP contribution in [0.2, 0.25) is 0 Å². The largest absolute Gasteiger partial charge is 0.328 e. The van der Waals surface area contributed by atoms with E-state index >= 15 is 0 Å². The first-order valence-electron chi connectivity index (χ1n) is 5.00. The first-order chi connectivity index (χ1) is 5.61. The van der Waals surface area contributed by atoms with Gasteiger partial charge in [-0.25, -0.2) is 0 Å². The lowest BCUT2D eigenvalue weighted by Crippen LogP contribution is -2.22. The molecule has 72 valence electrons. The van der Waals surface area contributed by atoms with Crippen molar-refractivity contribution >= 4 is 0 Å². The van der Waals surface area contributed by atoms with E-state index in [1.165, 1.54) is 12.0 Å². The van der Waals surface area contributed by atoms with Crippen LogP contribution in [0.25, 0.3) is 0 Å². The van der Waals surface area contributed by atoms with Crippen LogP contribution in [0.3, 0.4) is 0 Å². The van der Waals surface area contributed by atoms with E-state index in [0.29, 0.717) is 12.0 Å². The Morgan fingerprint density at radius 2 is 2.08 bits per heavy atom. The second-order valence-electron chi connectivity index (χ2n) is 3.72. The van der Waals surface area contributed by atoms with E-state index < -0.39 is 0 Å². The van der Waals surface area contributed by atoms with Gasteiger partial charge in [0, 0.05) is 6.04 Å². The van der Waals surface area contributed by atoms with Crippen LogP contribution in [0.15, 0.2) is 11.6 Å². The van der Waals surface area contributed by atoms with Crippen molar-refractivity contribution in [1.29, 1.82) is 0 Å². The van der Waals surface area contributed by atoms with Gasteiger partial charge in [0.1, 0.15) is 0 Å². The van der Waals surface area contributed by atoms with E-state index in [0.717, 1.165) is 12.8 Å². The fourth-order valence-electron chi connectivity index (χ4n) is 1.41. The summed E-state index contributed by atoms with van der Waals surface area (Å²) >= 11 is 0. The molecular formula is C11H23N. The van der Waals surface area contributed by atoms with Crippen LogP contribution in [-0.4, -0.2) is 6.04 Å². The summed E-state index contributed by atoms with van der Waals surface area (Å²) in [6.07, 6.45) is 5.66.